The summed E-state index contributed by atoms with van der Waals surface area (Å²) >= 11 is 0. The maximum Gasteiger partial charge on any atom is 0.278 e. The van der Waals surface area contributed by atoms with E-state index in [9.17, 15) is 4.79 Å². The summed E-state index contributed by atoms with van der Waals surface area (Å²) in [4.78, 5) is 13.0. The third-order valence-electron chi connectivity index (χ3n) is 4.08. The lowest BCUT2D eigenvalue weighted by molar-refractivity contribution is 0.102. The lowest BCUT2D eigenvalue weighted by Crippen LogP contribution is -2.15. The number of anilines is 1. The van der Waals surface area contributed by atoms with Crippen LogP contribution in [0.25, 0.3) is 17.1 Å². The van der Waals surface area contributed by atoms with Crippen LogP contribution in [0.5, 0.6) is 5.75 Å². The van der Waals surface area contributed by atoms with E-state index in [4.69, 9.17) is 9.15 Å². The van der Waals surface area contributed by atoms with Crippen molar-refractivity contribution in [2.45, 2.75) is 6.92 Å². The van der Waals surface area contributed by atoms with Gasteiger partial charge in [-0.3, -0.25) is 4.79 Å². The highest BCUT2D eigenvalue weighted by atomic mass is 16.5. The normalized spacial score (nSPS) is 10.6. The number of nitrogens with zero attached hydrogens (tertiary/aromatic N) is 3. The van der Waals surface area contributed by atoms with Crippen LogP contribution in [-0.2, 0) is 0 Å². The van der Waals surface area contributed by atoms with Gasteiger partial charge in [0.05, 0.1) is 24.2 Å². The van der Waals surface area contributed by atoms with E-state index < -0.39 is 5.91 Å². The lowest BCUT2D eigenvalue weighted by atomic mass is 10.2. The minimum absolute atomic E-state index is 0.158. The summed E-state index contributed by atoms with van der Waals surface area (Å²) in [6, 6.07) is 20.2. The van der Waals surface area contributed by atoms with Gasteiger partial charge in [-0.2, -0.15) is 0 Å². The molecule has 0 atom stereocenters. The van der Waals surface area contributed by atoms with Crippen molar-refractivity contribution in [2.24, 2.45) is 0 Å². The van der Waals surface area contributed by atoms with Crippen molar-refractivity contribution in [3.8, 4) is 22.9 Å². The molecule has 0 fully saturated rings. The third kappa shape index (κ3) is 3.37. The maximum atomic E-state index is 13.0. The second kappa shape index (κ2) is 7.79. The van der Waals surface area contributed by atoms with Crippen LogP contribution >= 0.6 is 0 Å². The zero-order valence-electron chi connectivity index (χ0n) is 15.2. The van der Waals surface area contributed by atoms with Gasteiger partial charge in [0.25, 0.3) is 5.91 Å². The summed E-state index contributed by atoms with van der Waals surface area (Å²) in [6.45, 7) is 2.38. The fourth-order valence-electron chi connectivity index (χ4n) is 2.85. The number of carbonyl (C=O) groups is 1. The molecule has 28 heavy (non-hydrogen) atoms. The highest BCUT2D eigenvalue weighted by molar-refractivity contribution is 6.07. The molecule has 0 aliphatic carbocycles. The number of hydrogen-bond acceptors (Lipinski definition) is 5. The van der Waals surface area contributed by atoms with Gasteiger partial charge >= 0.3 is 0 Å². The lowest BCUT2D eigenvalue weighted by Gasteiger charge is -2.11. The Labute approximate surface area is 161 Å². The molecule has 2 aromatic carbocycles. The summed E-state index contributed by atoms with van der Waals surface area (Å²) in [7, 11) is 0. The number of para-hydroxylation sites is 3. The van der Waals surface area contributed by atoms with Crippen molar-refractivity contribution in [3.63, 3.8) is 0 Å². The van der Waals surface area contributed by atoms with Gasteiger partial charge in [0.15, 0.2) is 11.5 Å². The summed E-state index contributed by atoms with van der Waals surface area (Å²) < 4.78 is 12.7. The zero-order chi connectivity index (χ0) is 19.3. The molecule has 140 valence electrons. The van der Waals surface area contributed by atoms with Gasteiger partial charge in [0, 0.05) is 0 Å². The molecule has 0 unspecified atom stereocenters. The van der Waals surface area contributed by atoms with Crippen LogP contribution in [-0.4, -0.2) is 27.5 Å². The Hall–Kier alpha value is -3.87. The van der Waals surface area contributed by atoms with Gasteiger partial charge in [-0.05, 0) is 43.3 Å². The number of rotatable bonds is 6. The molecule has 0 radical (unpaired) electrons. The monoisotopic (exact) mass is 374 g/mol. The quantitative estimate of drug-likeness (QED) is 0.547. The number of nitrogens with one attached hydrogen (secondary N) is 1. The average molecular weight is 374 g/mol. The molecular formula is C21H18N4O3. The first-order valence-electron chi connectivity index (χ1n) is 8.86. The number of carbonyl (C=O) groups excluding carboxylic acids is 1. The Kier molecular flexibility index (Phi) is 4.88. The minimum atomic E-state index is -0.402. The van der Waals surface area contributed by atoms with Crippen LogP contribution < -0.4 is 10.1 Å². The van der Waals surface area contributed by atoms with Crippen molar-refractivity contribution < 1.29 is 13.9 Å². The summed E-state index contributed by atoms with van der Waals surface area (Å²) in [5, 5.41) is 11.2. The van der Waals surface area contributed by atoms with Crippen molar-refractivity contribution in [1.82, 2.24) is 15.0 Å². The highest BCUT2D eigenvalue weighted by Gasteiger charge is 2.24. The molecule has 2 aromatic heterocycles. The molecule has 7 nitrogen and oxygen atoms in total. The molecule has 7 heteroatoms. The second-order valence-electron chi connectivity index (χ2n) is 5.89. The number of furan rings is 1. The predicted molar refractivity (Wildman–Crippen MR) is 105 cm³/mol. The number of hydrogen-bond donors (Lipinski definition) is 1. The SMILES string of the molecule is CCOc1ccccc1NC(=O)c1nnn(-c2ccccc2)c1-c1ccco1. The van der Waals surface area contributed by atoms with E-state index >= 15 is 0 Å². The van der Waals surface area contributed by atoms with Crippen molar-refractivity contribution in [1.29, 1.82) is 0 Å². The zero-order valence-corrected chi connectivity index (χ0v) is 15.2. The molecule has 0 bridgehead atoms. The molecule has 0 aliphatic rings. The molecule has 2 heterocycles. The number of amides is 1. The molecule has 4 rings (SSSR count). The number of benzene rings is 2. The van der Waals surface area contributed by atoms with E-state index in [1.807, 2.05) is 49.4 Å². The molecular weight excluding hydrogens is 356 g/mol. The van der Waals surface area contributed by atoms with Crippen molar-refractivity contribution >= 4 is 11.6 Å². The Morgan fingerprint density at radius 3 is 2.61 bits per heavy atom. The molecule has 1 amide bonds. The van der Waals surface area contributed by atoms with Crippen LogP contribution in [0.4, 0.5) is 5.69 Å². The van der Waals surface area contributed by atoms with E-state index in [0.717, 1.165) is 5.69 Å². The molecule has 1 N–H and O–H groups in total. The third-order valence-corrected chi connectivity index (χ3v) is 4.08. The molecule has 0 saturated heterocycles. The first-order valence-corrected chi connectivity index (χ1v) is 8.86. The van der Waals surface area contributed by atoms with Gasteiger partial charge in [0.2, 0.25) is 0 Å². The molecule has 4 aromatic rings. The Morgan fingerprint density at radius 1 is 1.07 bits per heavy atom. The summed E-state index contributed by atoms with van der Waals surface area (Å²) in [6.07, 6.45) is 1.55. The molecule has 0 saturated carbocycles. The molecule has 0 aliphatic heterocycles. The first kappa shape index (κ1) is 17.5. The van der Waals surface area contributed by atoms with E-state index in [0.29, 0.717) is 29.5 Å². The van der Waals surface area contributed by atoms with Gasteiger partial charge in [-0.25, -0.2) is 4.68 Å². The van der Waals surface area contributed by atoms with E-state index in [2.05, 4.69) is 15.6 Å². The topological polar surface area (TPSA) is 82.2 Å². The van der Waals surface area contributed by atoms with Crippen LogP contribution in [0.3, 0.4) is 0 Å². The fourth-order valence-corrected chi connectivity index (χ4v) is 2.85. The number of ether oxygens (including phenoxy) is 1. The van der Waals surface area contributed by atoms with E-state index in [-0.39, 0.29) is 5.69 Å². The van der Waals surface area contributed by atoms with Gasteiger partial charge in [-0.1, -0.05) is 35.5 Å². The Morgan fingerprint density at radius 2 is 1.86 bits per heavy atom. The van der Waals surface area contributed by atoms with Crippen LogP contribution in [0.1, 0.15) is 17.4 Å². The average Bonchev–Trinajstić information content (AvgIpc) is 3.40. The van der Waals surface area contributed by atoms with E-state index in [1.165, 1.54) is 0 Å². The minimum Gasteiger partial charge on any atom is -0.492 e. The fraction of sp³-hybridized carbons (Fsp3) is 0.0952. The van der Waals surface area contributed by atoms with Crippen molar-refractivity contribution in [2.75, 3.05) is 11.9 Å². The highest BCUT2D eigenvalue weighted by Crippen LogP contribution is 2.28. The van der Waals surface area contributed by atoms with E-state index in [1.54, 1.807) is 35.2 Å². The predicted octanol–water partition coefficient (Wildman–Crippen LogP) is 4.18. The summed E-state index contributed by atoms with van der Waals surface area (Å²) in [5.74, 6) is 0.686. The van der Waals surface area contributed by atoms with Crippen LogP contribution in [0.15, 0.2) is 77.4 Å². The Bertz CT molecular complexity index is 1070. The van der Waals surface area contributed by atoms with Crippen LogP contribution in [0.2, 0.25) is 0 Å². The van der Waals surface area contributed by atoms with Gasteiger partial charge < -0.3 is 14.5 Å². The summed E-state index contributed by atoms with van der Waals surface area (Å²) in [5.41, 5.74) is 1.97. The second-order valence-corrected chi connectivity index (χ2v) is 5.89. The van der Waals surface area contributed by atoms with Gasteiger partial charge in [-0.15, -0.1) is 5.10 Å². The maximum absolute atomic E-state index is 13.0. The smallest absolute Gasteiger partial charge is 0.278 e. The van der Waals surface area contributed by atoms with Gasteiger partial charge in [0.1, 0.15) is 11.4 Å². The van der Waals surface area contributed by atoms with Crippen molar-refractivity contribution in [3.05, 3.63) is 78.7 Å². The number of aromatic nitrogens is 3. The molecule has 0 spiro atoms. The first-order chi connectivity index (χ1) is 13.8. The Balaban J connectivity index is 1.74. The largest absolute Gasteiger partial charge is 0.492 e. The standard InChI is InChI=1S/C21H18N4O3/c1-2-27-17-12-7-6-11-16(17)22-21(26)19-20(18-13-8-14-28-18)25(24-23-19)15-9-4-3-5-10-15/h3-14H,2H2,1H3,(H,22,26). The van der Waals surface area contributed by atoms with Crippen LogP contribution in [0, 0.1) is 0 Å².